The topological polar surface area (TPSA) is 6.48 Å². The molecule has 0 atom stereocenters. The first kappa shape index (κ1) is 29.0. The lowest BCUT2D eigenvalue weighted by Gasteiger charge is -2.34. The molecule has 0 saturated carbocycles. The molecule has 0 spiro atoms. The lowest BCUT2D eigenvalue weighted by Crippen LogP contribution is -2.17. The molecule has 9 rings (SSSR count). The molecule has 0 saturated heterocycles. The van der Waals surface area contributed by atoms with Gasteiger partial charge in [-0.2, -0.15) is 0 Å². The van der Waals surface area contributed by atoms with E-state index in [2.05, 4.69) is 204 Å². The molecular weight excluding hydrogens is 613 g/mol. The van der Waals surface area contributed by atoms with E-state index in [1.54, 1.807) is 0 Å². The van der Waals surface area contributed by atoms with Crippen LogP contribution < -0.4 is 9.80 Å². The maximum absolute atomic E-state index is 2.45. The third kappa shape index (κ3) is 5.22. The highest BCUT2D eigenvalue weighted by atomic mass is 32.1. The zero-order chi connectivity index (χ0) is 32.6. The molecular formula is C46H32N2S. The number of fused-ring (bicyclic) bond motifs is 5. The molecule has 232 valence electrons. The third-order valence-electron chi connectivity index (χ3n) is 9.20. The van der Waals surface area contributed by atoms with Gasteiger partial charge in [-0.1, -0.05) is 127 Å². The van der Waals surface area contributed by atoms with Gasteiger partial charge in [0.15, 0.2) is 0 Å². The minimum atomic E-state index is 1.10. The van der Waals surface area contributed by atoms with Crippen molar-refractivity contribution in [1.82, 2.24) is 0 Å². The highest BCUT2D eigenvalue weighted by Crippen LogP contribution is 2.53. The van der Waals surface area contributed by atoms with E-state index in [0.29, 0.717) is 0 Å². The van der Waals surface area contributed by atoms with Gasteiger partial charge < -0.3 is 9.80 Å². The van der Waals surface area contributed by atoms with Crippen molar-refractivity contribution < 1.29 is 0 Å². The number of benzene rings is 8. The number of rotatable bonds is 7. The summed E-state index contributed by atoms with van der Waals surface area (Å²) >= 11 is 1.87. The first-order chi connectivity index (χ1) is 24.3. The summed E-state index contributed by atoms with van der Waals surface area (Å²) in [6.45, 7) is 0. The molecule has 0 fully saturated rings. The van der Waals surface area contributed by atoms with Crippen molar-refractivity contribution in [3.63, 3.8) is 0 Å². The van der Waals surface area contributed by atoms with Crippen LogP contribution in [0.25, 0.3) is 42.1 Å². The van der Waals surface area contributed by atoms with Gasteiger partial charge in [-0.3, -0.25) is 0 Å². The summed E-state index contributed by atoms with van der Waals surface area (Å²) in [5, 5.41) is 5.05. The summed E-state index contributed by atoms with van der Waals surface area (Å²) in [7, 11) is 0. The molecule has 0 unspecified atom stereocenters. The SMILES string of the molecule is c1ccc(-c2cccc(N(c3ccccc3)c3ccc4sc5ccc6ccccc6c5c4c3N(c3ccccc3)c3ccccc3)c2)cc1. The van der Waals surface area contributed by atoms with E-state index in [-0.39, 0.29) is 0 Å². The predicted octanol–water partition coefficient (Wildman–Crippen LogP) is 13.8. The van der Waals surface area contributed by atoms with E-state index in [1.807, 2.05) is 11.3 Å². The summed E-state index contributed by atoms with van der Waals surface area (Å²) < 4.78 is 2.54. The van der Waals surface area contributed by atoms with Crippen LogP contribution in [0, 0.1) is 0 Å². The Morgan fingerprint density at radius 1 is 0.347 bits per heavy atom. The number of hydrogen-bond donors (Lipinski definition) is 0. The summed E-state index contributed by atoms with van der Waals surface area (Å²) in [5.74, 6) is 0. The number of thiophene rings is 1. The fourth-order valence-corrected chi connectivity index (χ4v) is 8.15. The maximum atomic E-state index is 2.45. The number of anilines is 6. The molecule has 0 N–H and O–H groups in total. The molecule has 3 heteroatoms. The zero-order valence-corrected chi connectivity index (χ0v) is 27.6. The summed E-state index contributed by atoms with van der Waals surface area (Å²) in [6.07, 6.45) is 0. The standard InChI is InChI=1S/C46H32N2S/c1-5-16-33(17-6-1)35-19-15-26-39(32-35)47(36-20-7-2-8-21-36)41-29-31-43-45(44-40-27-14-13-18-34(40)28-30-42(44)49-43)46(41)48(37-22-9-3-10-23-37)38-24-11-4-12-25-38/h1-32H. The van der Waals surface area contributed by atoms with Crippen LogP contribution in [0.5, 0.6) is 0 Å². The van der Waals surface area contributed by atoms with Gasteiger partial charge in [-0.25, -0.2) is 0 Å². The van der Waals surface area contributed by atoms with E-state index >= 15 is 0 Å². The minimum Gasteiger partial charge on any atom is -0.308 e. The van der Waals surface area contributed by atoms with Gasteiger partial charge in [0.2, 0.25) is 0 Å². The van der Waals surface area contributed by atoms with E-state index < -0.39 is 0 Å². The van der Waals surface area contributed by atoms with Crippen LogP contribution in [-0.2, 0) is 0 Å². The molecule has 1 aromatic heterocycles. The fraction of sp³-hybridized carbons (Fsp3) is 0. The Bertz CT molecular complexity index is 2500. The maximum Gasteiger partial charge on any atom is 0.0796 e. The molecule has 9 aromatic rings. The molecule has 0 aliphatic heterocycles. The Kier molecular flexibility index (Phi) is 7.38. The molecule has 49 heavy (non-hydrogen) atoms. The van der Waals surface area contributed by atoms with Crippen molar-refractivity contribution in [2.45, 2.75) is 0 Å². The van der Waals surface area contributed by atoms with Gasteiger partial charge in [0.25, 0.3) is 0 Å². The Hall–Kier alpha value is -6.16. The second-order valence-corrected chi connectivity index (χ2v) is 13.2. The largest absolute Gasteiger partial charge is 0.308 e. The number of hydrogen-bond acceptors (Lipinski definition) is 3. The monoisotopic (exact) mass is 644 g/mol. The normalized spacial score (nSPS) is 11.3. The predicted molar refractivity (Wildman–Crippen MR) is 212 cm³/mol. The summed E-state index contributed by atoms with van der Waals surface area (Å²) in [6, 6.07) is 69.8. The molecule has 8 aromatic carbocycles. The van der Waals surface area contributed by atoms with Crippen molar-refractivity contribution in [3.8, 4) is 11.1 Å². The molecule has 0 aliphatic carbocycles. The minimum absolute atomic E-state index is 1.10. The highest BCUT2D eigenvalue weighted by Gasteiger charge is 2.27. The van der Waals surface area contributed by atoms with Crippen molar-refractivity contribution in [1.29, 1.82) is 0 Å². The van der Waals surface area contributed by atoms with Crippen LogP contribution in [-0.4, -0.2) is 0 Å². The van der Waals surface area contributed by atoms with E-state index in [4.69, 9.17) is 0 Å². The fourth-order valence-electron chi connectivity index (χ4n) is 7.03. The van der Waals surface area contributed by atoms with Crippen LogP contribution in [0.1, 0.15) is 0 Å². The lowest BCUT2D eigenvalue weighted by molar-refractivity contribution is 1.24. The van der Waals surface area contributed by atoms with Crippen molar-refractivity contribution in [2.75, 3.05) is 9.80 Å². The summed E-state index contributed by atoms with van der Waals surface area (Å²) in [4.78, 5) is 4.87. The van der Waals surface area contributed by atoms with Crippen molar-refractivity contribution in [3.05, 3.63) is 194 Å². The van der Waals surface area contributed by atoms with E-state index in [0.717, 1.165) is 34.1 Å². The quantitative estimate of drug-likeness (QED) is 0.170. The first-order valence-corrected chi connectivity index (χ1v) is 17.4. The average Bonchev–Trinajstić information content (AvgIpc) is 3.57. The average molecular weight is 645 g/mol. The Morgan fingerprint density at radius 3 is 1.53 bits per heavy atom. The van der Waals surface area contributed by atoms with Crippen LogP contribution in [0.4, 0.5) is 34.1 Å². The Morgan fingerprint density at radius 2 is 0.857 bits per heavy atom. The number of para-hydroxylation sites is 3. The molecule has 1 heterocycles. The molecule has 0 radical (unpaired) electrons. The third-order valence-corrected chi connectivity index (χ3v) is 10.3. The van der Waals surface area contributed by atoms with E-state index in [1.165, 1.54) is 42.1 Å². The van der Waals surface area contributed by atoms with Crippen molar-refractivity contribution in [2.24, 2.45) is 0 Å². The second-order valence-electron chi connectivity index (χ2n) is 12.2. The molecule has 0 aliphatic rings. The second kappa shape index (κ2) is 12.5. The van der Waals surface area contributed by atoms with Gasteiger partial charge in [0, 0.05) is 42.9 Å². The molecule has 0 amide bonds. The Labute approximate surface area is 290 Å². The molecule has 2 nitrogen and oxygen atoms in total. The van der Waals surface area contributed by atoms with Gasteiger partial charge >= 0.3 is 0 Å². The van der Waals surface area contributed by atoms with Gasteiger partial charge in [-0.15, -0.1) is 11.3 Å². The Balaban J connectivity index is 1.43. The highest BCUT2D eigenvalue weighted by molar-refractivity contribution is 7.26. The van der Waals surface area contributed by atoms with E-state index in [9.17, 15) is 0 Å². The number of nitrogens with zero attached hydrogens (tertiary/aromatic N) is 2. The summed E-state index contributed by atoms with van der Waals surface area (Å²) in [5.41, 5.74) is 9.02. The smallest absolute Gasteiger partial charge is 0.0796 e. The van der Waals surface area contributed by atoms with Gasteiger partial charge in [0.1, 0.15) is 0 Å². The van der Waals surface area contributed by atoms with Gasteiger partial charge in [0.05, 0.1) is 11.4 Å². The van der Waals surface area contributed by atoms with Crippen LogP contribution in [0.15, 0.2) is 194 Å². The van der Waals surface area contributed by atoms with Gasteiger partial charge in [-0.05, 0) is 88.6 Å². The van der Waals surface area contributed by atoms with Crippen LogP contribution in [0.2, 0.25) is 0 Å². The van der Waals surface area contributed by atoms with Crippen molar-refractivity contribution >= 4 is 76.4 Å². The zero-order valence-electron chi connectivity index (χ0n) is 26.8. The lowest BCUT2D eigenvalue weighted by atomic mass is 10.00. The van der Waals surface area contributed by atoms with Crippen LogP contribution in [0.3, 0.4) is 0 Å². The first-order valence-electron chi connectivity index (χ1n) is 16.6. The molecule has 0 bridgehead atoms. The van der Waals surface area contributed by atoms with Crippen LogP contribution >= 0.6 is 11.3 Å².